The maximum atomic E-state index is 9.14. The zero-order valence-corrected chi connectivity index (χ0v) is 11.2. The van der Waals surface area contributed by atoms with Gasteiger partial charge in [-0.05, 0) is 0 Å². The summed E-state index contributed by atoms with van der Waals surface area (Å²) in [5, 5.41) is 18.3. The summed E-state index contributed by atoms with van der Waals surface area (Å²) < 4.78 is 5.51. The van der Waals surface area contributed by atoms with Gasteiger partial charge < -0.3 is 14.9 Å². The van der Waals surface area contributed by atoms with Crippen molar-refractivity contribution in [2.45, 2.75) is 13.8 Å². The van der Waals surface area contributed by atoms with E-state index >= 15 is 0 Å². The average Bonchev–Trinajstić information content (AvgIpc) is 2.28. The summed E-state index contributed by atoms with van der Waals surface area (Å²) in [6.45, 7) is 4.81. The molecule has 0 radical (unpaired) electrons. The predicted molar refractivity (Wildman–Crippen MR) is 68.9 cm³/mol. The van der Waals surface area contributed by atoms with Crippen LogP contribution in [0.15, 0.2) is 0 Å². The Morgan fingerprint density at radius 1 is 0.933 bits per heavy atom. The van der Waals surface area contributed by atoms with E-state index in [1.54, 1.807) is 0 Å². The van der Waals surface area contributed by atoms with Crippen LogP contribution in [0.1, 0.15) is 13.8 Å². The summed E-state index contributed by atoms with van der Waals surface area (Å²) in [6, 6.07) is 0. The molecule has 5 heteroatoms. The molecule has 0 aliphatic carbocycles. The Labute approximate surface area is 103 Å². The molecule has 0 bridgehead atoms. The Kier molecular flexibility index (Phi) is 7.28. The highest BCUT2D eigenvalue weighted by Gasteiger charge is 2.26. The molecule has 92 valence electrons. The quantitative estimate of drug-likeness (QED) is 0.486. The van der Waals surface area contributed by atoms with Gasteiger partial charge >= 0.3 is 0 Å². The first kappa shape index (κ1) is 15.6. The standard InChI is InChI=1S/C10H22O3S2/c1-9(3-11,7-14)5-13-6-10(2,4-12)8-15/h11-12,14-15H,3-8H2,1-2H3. The van der Waals surface area contributed by atoms with Crippen LogP contribution in [0.3, 0.4) is 0 Å². The topological polar surface area (TPSA) is 49.7 Å². The third-order valence-corrected chi connectivity index (χ3v) is 3.95. The van der Waals surface area contributed by atoms with Gasteiger partial charge in [0.1, 0.15) is 0 Å². The highest BCUT2D eigenvalue weighted by atomic mass is 32.1. The van der Waals surface area contributed by atoms with Crippen LogP contribution < -0.4 is 0 Å². The van der Waals surface area contributed by atoms with Crippen LogP contribution in [-0.4, -0.2) is 48.1 Å². The molecule has 2 atom stereocenters. The third kappa shape index (κ3) is 5.45. The fourth-order valence-corrected chi connectivity index (χ4v) is 1.21. The van der Waals surface area contributed by atoms with Gasteiger partial charge in [-0.25, -0.2) is 0 Å². The molecule has 0 aromatic rings. The van der Waals surface area contributed by atoms with Gasteiger partial charge in [-0.2, -0.15) is 25.3 Å². The maximum Gasteiger partial charge on any atom is 0.0549 e. The molecule has 2 unspecified atom stereocenters. The number of rotatable bonds is 8. The molecule has 0 fully saturated rings. The largest absolute Gasteiger partial charge is 0.396 e. The van der Waals surface area contributed by atoms with Crippen molar-refractivity contribution in [3.63, 3.8) is 0 Å². The molecule has 0 aliphatic heterocycles. The van der Waals surface area contributed by atoms with E-state index in [-0.39, 0.29) is 24.0 Å². The first-order valence-corrected chi connectivity index (χ1v) is 6.23. The van der Waals surface area contributed by atoms with Crippen LogP contribution in [0.2, 0.25) is 0 Å². The lowest BCUT2D eigenvalue weighted by Gasteiger charge is -2.29. The summed E-state index contributed by atoms with van der Waals surface area (Å²) in [5.74, 6) is 1.14. The normalized spacial score (nSPS) is 19.6. The van der Waals surface area contributed by atoms with E-state index in [4.69, 9.17) is 14.9 Å². The summed E-state index contributed by atoms with van der Waals surface area (Å²) in [4.78, 5) is 0. The molecular formula is C10H22O3S2. The molecule has 0 amide bonds. The highest BCUT2D eigenvalue weighted by molar-refractivity contribution is 7.80. The predicted octanol–water partition coefficient (Wildman–Crippen LogP) is 0.860. The smallest absolute Gasteiger partial charge is 0.0549 e. The molecule has 0 rings (SSSR count). The van der Waals surface area contributed by atoms with Gasteiger partial charge in [-0.1, -0.05) is 13.8 Å². The van der Waals surface area contributed by atoms with E-state index in [0.717, 1.165) is 0 Å². The van der Waals surface area contributed by atoms with Gasteiger partial charge in [0.2, 0.25) is 0 Å². The molecule has 0 aromatic heterocycles. The molecule has 2 N–H and O–H groups in total. The van der Waals surface area contributed by atoms with E-state index in [1.807, 2.05) is 13.8 Å². The van der Waals surface area contributed by atoms with E-state index in [0.29, 0.717) is 24.7 Å². The number of aliphatic hydroxyl groups is 2. The van der Waals surface area contributed by atoms with Crippen LogP contribution in [0.4, 0.5) is 0 Å². The van der Waals surface area contributed by atoms with Gasteiger partial charge in [0, 0.05) is 22.3 Å². The molecular weight excluding hydrogens is 232 g/mol. The highest BCUT2D eigenvalue weighted by Crippen LogP contribution is 2.21. The van der Waals surface area contributed by atoms with Gasteiger partial charge in [0.15, 0.2) is 0 Å². The first-order chi connectivity index (χ1) is 6.95. The number of ether oxygens (including phenoxy) is 1. The molecule has 0 heterocycles. The zero-order chi connectivity index (χ0) is 11.9. The Hall–Kier alpha value is 0.580. The first-order valence-electron chi connectivity index (χ1n) is 4.96. The van der Waals surface area contributed by atoms with E-state index in [1.165, 1.54) is 0 Å². The number of thiol groups is 2. The van der Waals surface area contributed by atoms with Crippen molar-refractivity contribution in [2.75, 3.05) is 37.9 Å². The van der Waals surface area contributed by atoms with Crippen LogP contribution in [-0.2, 0) is 4.74 Å². The number of hydrogen-bond acceptors (Lipinski definition) is 5. The summed E-state index contributed by atoms with van der Waals surface area (Å²) >= 11 is 8.34. The van der Waals surface area contributed by atoms with Gasteiger partial charge in [-0.15, -0.1) is 0 Å². The maximum absolute atomic E-state index is 9.14. The monoisotopic (exact) mass is 254 g/mol. The van der Waals surface area contributed by atoms with Gasteiger partial charge in [-0.3, -0.25) is 0 Å². The minimum absolute atomic E-state index is 0.0488. The fraction of sp³-hybridized carbons (Fsp3) is 1.00. The molecule has 15 heavy (non-hydrogen) atoms. The van der Waals surface area contributed by atoms with Crippen molar-refractivity contribution in [1.29, 1.82) is 0 Å². The van der Waals surface area contributed by atoms with Crippen molar-refractivity contribution < 1.29 is 14.9 Å². The summed E-state index contributed by atoms with van der Waals surface area (Å²) in [5.41, 5.74) is -0.619. The van der Waals surface area contributed by atoms with Crippen molar-refractivity contribution in [3.8, 4) is 0 Å². The lowest BCUT2D eigenvalue weighted by molar-refractivity contribution is -0.0171. The van der Waals surface area contributed by atoms with Crippen LogP contribution >= 0.6 is 25.3 Å². The number of hydrogen-bond donors (Lipinski definition) is 4. The van der Waals surface area contributed by atoms with Crippen molar-refractivity contribution in [2.24, 2.45) is 10.8 Å². The molecule has 3 nitrogen and oxygen atoms in total. The van der Waals surface area contributed by atoms with E-state index in [2.05, 4.69) is 25.3 Å². The fourth-order valence-electron chi connectivity index (χ4n) is 0.826. The SMILES string of the molecule is CC(CO)(CS)COCC(C)(CO)CS. The van der Waals surface area contributed by atoms with Crippen LogP contribution in [0.5, 0.6) is 0 Å². The third-order valence-electron chi connectivity index (χ3n) is 2.43. The summed E-state index contributed by atoms with van der Waals surface area (Å²) in [7, 11) is 0. The Bertz CT molecular complexity index is 150. The van der Waals surface area contributed by atoms with E-state index < -0.39 is 0 Å². The Morgan fingerprint density at radius 3 is 1.47 bits per heavy atom. The van der Waals surface area contributed by atoms with Gasteiger partial charge in [0.25, 0.3) is 0 Å². The van der Waals surface area contributed by atoms with E-state index in [9.17, 15) is 0 Å². The van der Waals surface area contributed by atoms with Crippen molar-refractivity contribution >= 4 is 25.3 Å². The Balaban J connectivity index is 3.96. The van der Waals surface area contributed by atoms with Crippen LogP contribution in [0.25, 0.3) is 0 Å². The molecule has 0 spiro atoms. The minimum atomic E-state index is -0.309. The molecule has 0 aliphatic rings. The van der Waals surface area contributed by atoms with Gasteiger partial charge in [0.05, 0.1) is 26.4 Å². The van der Waals surface area contributed by atoms with Crippen molar-refractivity contribution in [1.82, 2.24) is 0 Å². The lowest BCUT2D eigenvalue weighted by atomic mass is 9.94. The molecule has 0 aromatic carbocycles. The molecule has 0 saturated carbocycles. The average molecular weight is 254 g/mol. The lowest BCUT2D eigenvalue weighted by Crippen LogP contribution is -2.35. The summed E-state index contributed by atoms with van der Waals surface area (Å²) in [6.07, 6.45) is 0. The second kappa shape index (κ2) is 7.01. The molecule has 0 saturated heterocycles. The van der Waals surface area contributed by atoms with Crippen molar-refractivity contribution in [3.05, 3.63) is 0 Å². The zero-order valence-electron chi connectivity index (χ0n) is 9.44. The second-order valence-electron chi connectivity index (χ2n) is 4.75. The Morgan fingerprint density at radius 2 is 1.27 bits per heavy atom. The second-order valence-corrected chi connectivity index (χ2v) is 5.38. The number of aliphatic hydroxyl groups excluding tert-OH is 2. The minimum Gasteiger partial charge on any atom is -0.396 e. The van der Waals surface area contributed by atoms with Crippen LogP contribution in [0, 0.1) is 10.8 Å².